The summed E-state index contributed by atoms with van der Waals surface area (Å²) in [6.07, 6.45) is 0.887. The maximum atomic E-state index is 11.6. The molecule has 3 N–H and O–H groups in total. The quantitative estimate of drug-likeness (QED) is 0.782. The molecule has 16 heavy (non-hydrogen) atoms. The van der Waals surface area contributed by atoms with Crippen LogP contribution in [0.1, 0.15) is 31.7 Å². The van der Waals surface area contributed by atoms with Gasteiger partial charge in [-0.3, -0.25) is 4.79 Å². The van der Waals surface area contributed by atoms with Gasteiger partial charge in [0, 0.05) is 6.07 Å². The summed E-state index contributed by atoms with van der Waals surface area (Å²) in [6.45, 7) is 6.15. The Bertz CT molecular complexity index is 349. The Kier molecular flexibility index (Phi) is 4.49. The summed E-state index contributed by atoms with van der Waals surface area (Å²) in [5.41, 5.74) is 6.50. The molecular formula is C11H19N3O2. The molecule has 0 saturated carbocycles. The van der Waals surface area contributed by atoms with Gasteiger partial charge in [-0.2, -0.15) is 0 Å². The van der Waals surface area contributed by atoms with Crippen LogP contribution in [0.15, 0.2) is 10.6 Å². The van der Waals surface area contributed by atoms with Gasteiger partial charge in [0.15, 0.2) is 0 Å². The number of aromatic nitrogens is 1. The Balaban J connectivity index is 2.40. The van der Waals surface area contributed by atoms with Crippen LogP contribution < -0.4 is 11.1 Å². The van der Waals surface area contributed by atoms with E-state index in [1.807, 2.05) is 20.8 Å². The number of nitrogens with one attached hydrogen (secondary N) is 1. The molecule has 0 saturated heterocycles. The summed E-state index contributed by atoms with van der Waals surface area (Å²) in [7, 11) is 0. The maximum Gasteiger partial charge on any atom is 0.237 e. The molecule has 0 unspecified atom stereocenters. The topological polar surface area (TPSA) is 81.2 Å². The van der Waals surface area contributed by atoms with E-state index < -0.39 is 6.04 Å². The highest BCUT2D eigenvalue weighted by Gasteiger charge is 2.19. The van der Waals surface area contributed by atoms with Crippen LogP contribution in [0.3, 0.4) is 0 Å². The van der Waals surface area contributed by atoms with Crippen LogP contribution >= 0.6 is 0 Å². The zero-order valence-electron chi connectivity index (χ0n) is 9.99. The molecule has 90 valence electrons. The van der Waals surface area contributed by atoms with Gasteiger partial charge >= 0.3 is 0 Å². The number of amides is 1. The van der Waals surface area contributed by atoms with Crippen LogP contribution in [0.2, 0.25) is 0 Å². The number of aryl methyl sites for hydroxylation is 1. The van der Waals surface area contributed by atoms with Gasteiger partial charge in [-0.25, -0.2) is 0 Å². The van der Waals surface area contributed by atoms with E-state index in [1.165, 1.54) is 0 Å². The largest absolute Gasteiger partial charge is 0.361 e. The van der Waals surface area contributed by atoms with Crippen molar-refractivity contribution in [1.82, 2.24) is 10.5 Å². The van der Waals surface area contributed by atoms with Crippen LogP contribution in [0, 0.1) is 12.8 Å². The van der Waals surface area contributed by atoms with Gasteiger partial charge in [0.2, 0.25) is 5.91 Å². The van der Waals surface area contributed by atoms with Gasteiger partial charge < -0.3 is 15.6 Å². The van der Waals surface area contributed by atoms with E-state index in [4.69, 9.17) is 10.3 Å². The van der Waals surface area contributed by atoms with E-state index in [9.17, 15) is 4.79 Å². The number of hydrogen-bond acceptors (Lipinski definition) is 4. The second-order valence-corrected chi connectivity index (χ2v) is 4.06. The van der Waals surface area contributed by atoms with Crippen LogP contribution in [0.4, 0.5) is 0 Å². The maximum absolute atomic E-state index is 11.6. The van der Waals surface area contributed by atoms with Crippen molar-refractivity contribution >= 4 is 5.91 Å². The lowest BCUT2D eigenvalue weighted by molar-refractivity contribution is -0.123. The lowest BCUT2D eigenvalue weighted by Crippen LogP contribution is -2.44. The molecule has 0 aromatic carbocycles. The predicted octanol–water partition coefficient (Wildman–Crippen LogP) is 0.973. The van der Waals surface area contributed by atoms with Crippen LogP contribution in [0.25, 0.3) is 0 Å². The molecule has 5 heteroatoms. The lowest BCUT2D eigenvalue weighted by atomic mass is 9.99. The first-order chi connectivity index (χ1) is 7.54. The van der Waals surface area contributed by atoms with Crippen molar-refractivity contribution in [1.29, 1.82) is 0 Å². The highest BCUT2D eigenvalue weighted by atomic mass is 16.5. The Morgan fingerprint density at radius 3 is 2.88 bits per heavy atom. The molecule has 1 amide bonds. The molecule has 0 aliphatic rings. The third-order valence-electron chi connectivity index (χ3n) is 2.68. The number of nitrogens with zero attached hydrogens (tertiary/aromatic N) is 1. The number of hydrogen-bond donors (Lipinski definition) is 2. The molecule has 0 aliphatic carbocycles. The lowest BCUT2D eigenvalue weighted by Gasteiger charge is -2.17. The minimum atomic E-state index is -0.460. The smallest absolute Gasteiger partial charge is 0.237 e. The molecule has 1 aromatic rings. The van der Waals surface area contributed by atoms with E-state index in [-0.39, 0.29) is 11.8 Å². The van der Waals surface area contributed by atoms with E-state index in [0.29, 0.717) is 12.2 Å². The zero-order valence-corrected chi connectivity index (χ0v) is 9.99. The van der Waals surface area contributed by atoms with E-state index in [2.05, 4.69) is 10.5 Å². The first kappa shape index (κ1) is 12.7. The summed E-state index contributed by atoms with van der Waals surface area (Å²) < 4.78 is 4.89. The SMILES string of the molecule is CC[C@H](C)[C@H](N)C(=O)NCc1cc(C)on1. The fraction of sp³-hybridized carbons (Fsp3) is 0.636. The van der Waals surface area contributed by atoms with Crippen molar-refractivity contribution in [2.75, 3.05) is 0 Å². The Hall–Kier alpha value is -1.36. The molecule has 0 spiro atoms. The molecule has 0 fully saturated rings. The van der Waals surface area contributed by atoms with Crippen molar-refractivity contribution < 1.29 is 9.32 Å². The van der Waals surface area contributed by atoms with Gasteiger partial charge in [-0.15, -0.1) is 0 Å². The summed E-state index contributed by atoms with van der Waals surface area (Å²) in [5.74, 6) is 0.768. The molecule has 1 rings (SSSR count). The fourth-order valence-corrected chi connectivity index (χ4v) is 1.31. The first-order valence-electron chi connectivity index (χ1n) is 5.50. The Morgan fingerprint density at radius 1 is 1.69 bits per heavy atom. The van der Waals surface area contributed by atoms with Gasteiger partial charge in [-0.1, -0.05) is 25.4 Å². The Morgan fingerprint density at radius 2 is 2.38 bits per heavy atom. The predicted molar refractivity (Wildman–Crippen MR) is 60.5 cm³/mol. The van der Waals surface area contributed by atoms with Crippen molar-refractivity contribution in [3.8, 4) is 0 Å². The minimum Gasteiger partial charge on any atom is -0.361 e. The third-order valence-corrected chi connectivity index (χ3v) is 2.68. The summed E-state index contributed by atoms with van der Waals surface area (Å²) in [6, 6.07) is 1.33. The molecule has 1 aromatic heterocycles. The Labute approximate surface area is 95.4 Å². The molecule has 1 heterocycles. The average Bonchev–Trinajstić information content (AvgIpc) is 2.69. The standard InChI is InChI=1S/C11H19N3O2/c1-4-7(2)10(12)11(15)13-6-9-5-8(3)16-14-9/h5,7,10H,4,6,12H2,1-3H3,(H,13,15)/t7-,10-/m0/s1. The van der Waals surface area contributed by atoms with Gasteiger partial charge in [0.1, 0.15) is 11.5 Å². The molecule has 0 aliphatic heterocycles. The minimum absolute atomic E-state index is 0.144. The molecular weight excluding hydrogens is 206 g/mol. The summed E-state index contributed by atoms with van der Waals surface area (Å²) in [5, 5.41) is 6.52. The van der Waals surface area contributed by atoms with Crippen LogP contribution in [-0.4, -0.2) is 17.1 Å². The first-order valence-corrected chi connectivity index (χ1v) is 5.50. The van der Waals surface area contributed by atoms with E-state index >= 15 is 0 Å². The van der Waals surface area contributed by atoms with Crippen molar-refractivity contribution in [3.63, 3.8) is 0 Å². The normalized spacial score (nSPS) is 14.5. The van der Waals surface area contributed by atoms with Gasteiger partial charge in [0.05, 0.1) is 12.6 Å². The van der Waals surface area contributed by atoms with Crippen LogP contribution in [0.5, 0.6) is 0 Å². The second-order valence-electron chi connectivity index (χ2n) is 4.06. The molecule has 2 atom stereocenters. The number of carbonyl (C=O) groups excluding carboxylic acids is 1. The van der Waals surface area contributed by atoms with E-state index in [0.717, 1.165) is 12.2 Å². The average molecular weight is 225 g/mol. The zero-order chi connectivity index (χ0) is 12.1. The fourth-order valence-electron chi connectivity index (χ4n) is 1.31. The van der Waals surface area contributed by atoms with Crippen molar-refractivity contribution in [2.45, 2.75) is 39.8 Å². The van der Waals surface area contributed by atoms with Crippen molar-refractivity contribution in [3.05, 3.63) is 17.5 Å². The van der Waals surface area contributed by atoms with Crippen molar-refractivity contribution in [2.24, 2.45) is 11.7 Å². The number of rotatable bonds is 5. The van der Waals surface area contributed by atoms with Gasteiger partial charge in [-0.05, 0) is 12.8 Å². The molecule has 0 radical (unpaired) electrons. The summed E-state index contributed by atoms with van der Waals surface area (Å²) >= 11 is 0. The summed E-state index contributed by atoms with van der Waals surface area (Å²) in [4.78, 5) is 11.6. The molecule has 5 nitrogen and oxygen atoms in total. The monoisotopic (exact) mass is 225 g/mol. The second kappa shape index (κ2) is 5.65. The number of carbonyl (C=O) groups is 1. The number of nitrogens with two attached hydrogens (primary N) is 1. The highest BCUT2D eigenvalue weighted by Crippen LogP contribution is 2.06. The molecule has 0 bridgehead atoms. The highest BCUT2D eigenvalue weighted by molar-refractivity contribution is 5.81. The van der Waals surface area contributed by atoms with E-state index in [1.54, 1.807) is 6.07 Å². The third kappa shape index (κ3) is 3.34. The van der Waals surface area contributed by atoms with Crippen LogP contribution in [-0.2, 0) is 11.3 Å². The van der Waals surface area contributed by atoms with Gasteiger partial charge in [0.25, 0.3) is 0 Å².